The average molecular weight is 493 g/mol. The van der Waals surface area contributed by atoms with Crippen LogP contribution in [0.4, 0.5) is 14.9 Å². The summed E-state index contributed by atoms with van der Waals surface area (Å²) in [5.41, 5.74) is 3.11. The topological polar surface area (TPSA) is 126 Å². The molecular formula is C26H25FN4O5. The molecule has 1 aliphatic rings. The van der Waals surface area contributed by atoms with E-state index in [1.807, 2.05) is 6.92 Å². The van der Waals surface area contributed by atoms with Gasteiger partial charge in [0.1, 0.15) is 24.3 Å². The summed E-state index contributed by atoms with van der Waals surface area (Å²) in [6.07, 6.45) is 5.48. The number of aromatic nitrogens is 2. The van der Waals surface area contributed by atoms with Crippen LogP contribution in [-0.2, 0) is 4.74 Å². The van der Waals surface area contributed by atoms with Crippen LogP contribution in [0.5, 0.6) is 11.5 Å². The van der Waals surface area contributed by atoms with E-state index in [0.717, 1.165) is 5.57 Å². The van der Waals surface area contributed by atoms with Gasteiger partial charge in [-0.1, -0.05) is 11.6 Å². The molecule has 4 rings (SSSR count). The number of urea groups is 1. The third-order valence-electron chi connectivity index (χ3n) is 5.22. The summed E-state index contributed by atoms with van der Waals surface area (Å²) in [6.45, 7) is 1.53. The molecule has 1 aromatic carbocycles. The molecule has 0 spiro atoms. The van der Waals surface area contributed by atoms with Gasteiger partial charge in [0, 0.05) is 30.6 Å². The van der Waals surface area contributed by atoms with Gasteiger partial charge in [-0.15, -0.1) is 0 Å². The molecule has 0 saturated heterocycles. The van der Waals surface area contributed by atoms with Crippen LogP contribution >= 0.6 is 0 Å². The van der Waals surface area contributed by atoms with Crippen LogP contribution in [0.15, 0.2) is 78.3 Å². The molecule has 186 valence electrons. The molecule has 2 amide bonds. The number of carbonyl (C=O) groups excluding carboxylic acids is 2. The minimum atomic E-state index is -1.24. The standard InChI is InChI=1S/C26H25FN4O5/c1-16-2-7-21(27)22(12-16)31-26(34)30-18-3-5-19(6-4-18)36-20-8-9-28-24(14-20)23-13-17(15-29-23)25(33)35-11-10-32/h2-6,8-9,12-15,21,29,32H,7,10-11H2,1H3,(H2,30,31,34). The van der Waals surface area contributed by atoms with Crippen molar-refractivity contribution in [2.24, 2.45) is 0 Å². The van der Waals surface area contributed by atoms with Crippen molar-refractivity contribution >= 4 is 17.7 Å². The van der Waals surface area contributed by atoms with Gasteiger partial charge >= 0.3 is 12.0 Å². The fraction of sp³-hybridized carbons (Fsp3) is 0.192. The highest BCUT2D eigenvalue weighted by molar-refractivity contribution is 5.91. The van der Waals surface area contributed by atoms with Gasteiger partial charge in [0.25, 0.3) is 0 Å². The van der Waals surface area contributed by atoms with Crippen LogP contribution in [0, 0.1) is 0 Å². The largest absolute Gasteiger partial charge is 0.460 e. The van der Waals surface area contributed by atoms with Crippen LogP contribution in [0.1, 0.15) is 23.7 Å². The lowest BCUT2D eigenvalue weighted by Crippen LogP contribution is -2.32. The molecule has 0 saturated carbocycles. The van der Waals surface area contributed by atoms with Crippen molar-refractivity contribution < 1.29 is 28.6 Å². The second-order valence-corrected chi connectivity index (χ2v) is 7.99. The molecule has 1 aliphatic carbocycles. The van der Waals surface area contributed by atoms with E-state index in [1.54, 1.807) is 60.8 Å². The summed E-state index contributed by atoms with van der Waals surface area (Å²) in [6, 6.07) is 11.2. The summed E-state index contributed by atoms with van der Waals surface area (Å²) in [4.78, 5) is 31.4. The number of ether oxygens (including phenoxy) is 2. The number of amides is 2. The predicted molar refractivity (Wildman–Crippen MR) is 131 cm³/mol. The third kappa shape index (κ3) is 6.36. The second kappa shape index (κ2) is 11.3. The number of alkyl halides is 1. The number of allylic oxidation sites excluding steroid dienone is 4. The number of aromatic amines is 1. The summed E-state index contributed by atoms with van der Waals surface area (Å²) < 4.78 is 24.8. The van der Waals surface area contributed by atoms with Gasteiger partial charge in [0.15, 0.2) is 0 Å². The lowest BCUT2D eigenvalue weighted by molar-refractivity contribution is 0.0434. The van der Waals surface area contributed by atoms with E-state index in [1.165, 1.54) is 6.20 Å². The van der Waals surface area contributed by atoms with Gasteiger partial charge < -0.3 is 30.2 Å². The average Bonchev–Trinajstić information content (AvgIpc) is 3.37. The first kappa shape index (κ1) is 24.7. The van der Waals surface area contributed by atoms with E-state index in [2.05, 4.69) is 20.6 Å². The molecule has 0 fully saturated rings. The van der Waals surface area contributed by atoms with Crippen LogP contribution in [0.2, 0.25) is 0 Å². The Bertz CT molecular complexity index is 1300. The molecule has 0 radical (unpaired) electrons. The van der Waals surface area contributed by atoms with E-state index in [-0.39, 0.29) is 25.3 Å². The molecule has 0 bridgehead atoms. The Morgan fingerprint density at radius 2 is 1.97 bits per heavy atom. The number of benzene rings is 1. The fourth-order valence-corrected chi connectivity index (χ4v) is 3.46. The molecule has 1 unspecified atom stereocenters. The van der Waals surface area contributed by atoms with Crippen molar-refractivity contribution in [3.63, 3.8) is 0 Å². The molecule has 4 N–H and O–H groups in total. The molecule has 2 aromatic heterocycles. The molecule has 0 aliphatic heterocycles. The predicted octanol–water partition coefficient (Wildman–Crippen LogP) is 4.71. The van der Waals surface area contributed by atoms with Gasteiger partial charge in [-0.3, -0.25) is 4.98 Å². The van der Waals surface area contributed by atoms with Crippen molar-refractivity contribution in [2.45, 2.75) is 19.5 Å². The summed E-state index contributed by atoms with van der Waals surface area (Å²) in [5.74, 6) is 0.491. The Kier molecular flexibility index (Phi) is 7.76. The van der Waals surface area contributed by atoms with Crippen molar-refractivity contribution in [2.75, 3.05) is 18.5 Å². The zero-order valence-corrected chi connectivity index (χ0v) is 19.5. The lowest BCUT2D eigenvalue weighted by Gasteiger charge is -2.17. The summed E-state index contributed by atoms with van der Waals surface area (Å²) in [5, 5.41) is 14.0. The Balaban J connectivity index is 1.36. The highest BCUT2D eigenvalue weighted by atomic mass is 19.1. The number of H-pyrrole nitrogens is 1. The van der Waals surface area contributed by atoms with E-state index in [9.17, 15) is 14.0 Å². The third-order valence-corrected chi connectivity index (χ3v) is 5.22. The zero-order chi connectivity index (χ0) is 25.5. The first-order chi connectivity index (χ1) is 17.4. The first-order valence-corrected chi connectivity index (χ1v) is 11.2. The van der Waals surface area contributed by atoms with E-state index < -0.39 is 18.2 Å². The van der Waals surface area contributed by atoms with Gasteiger partial charge in [-0.2, -0.15) is 0 Å². The van der Waals surface area contributed by atoms with Gasteiger partial charge in [-0.25, -0.2) is 14.0 Å². The zero-order valence-electron chi connectivity index (χ0n) is 19.5. The van der Waals surface area contributed by atoms with Crippen molar-refractivity contribution in [1.82, 2.24) is 15.3 Å². The van der Waals surface area contributed by atoms with Crippen molar-refractivity contribution in [3.8, 4) is 22.9 Å². The molecular weight excluding hydrogens is 467 g/mol. The van der Waals surface area contributed by atoms with Crippen molar-refractivity contribution in [1.29, 1.82) is 0 Å². The lowest BCUT2D eigenvalue weighted by atomic mass is 10.0. The molecule has 36 heavy (non-hydrogen) atoms. The number of halogens is 1. The SMILES string of the molecule is CC1=CCC(F)C(NC(=O)Nc2ccc(Oc3ccnc(-c4cc(C(=O)OCCO)c[nH]4)c3)cc2)=C1. The van der Waals surface area contributed by atoms with Crippen molar-refractivity contribution in [3.05, 3.63) is 83.8 Å². The summed E-state index contributed by atoms with van der Waals surface area (Å²) >= 11 is 0. The minimum Gasteiger partial charge on any atom is -0.460 e. The molecule has 3 aromatic rings. The highest BCUT2D eigenvalue weighted by Crippen LogP contribution is 2.27. The Labute approximate surface area is 206 Å². The Morgan fingerprint density at radius 3 is 2.75 bits per heavy atom. The van der Waals surface area contributed by atoms with E-state index in [4.69, 9.17) is 14.6 Å². The number of esters is 1. The number of pyridine rings is 1. The van der Waals surface area contributed by atoms with Crippen LogP contribution in [-0.4, -0.2) is 46.5 Å². The smallest absolute Gasteiger partial charge is 0.339 e. The molecule has 10 heteroatoms. The number of aliphatic hydroxyl groups excluding tert-OH is 1. The van der Waals surface area contributed by atoms with Gasteiger partial charge in [0.2, 0.25) is 0 Å². The molecule has 9 nitrogen and oxygen atoms in total. The number of nitrogens with zero attached hydrogens (tertiary/aromatic N) is 1. The minimum absolute atomic E-state index is 0.0760. The van der Waals surface area contributed by atoms with E-state index >= 15 is 0 Å². The van der Waals surface area contributed by atoms with Crippen LogP contribution in [0.3, 0.4) is 0 Å². The number of anilines is 1. The second-order valence-electron chi connectivity index (χ2n) is 7.99. The normalized spacial score (nSPS) is 14.9. The number of nitrogens with one attached hydrogen (secondary N) is 3. The number of carbonyl (C=O) groups is 2. The maximum Gasteiger partial charge on any atom is 0.339 e. The number of rotatable bonds is 8. The number of aliphatic hydroxyl groups is 1. The fourth-order valence-electron chi connectivity index (χ4n) is 3.46. The van der Waals surface area contributed by atoms with Crippen LogP contribution < -0.4 is 15.4 Å². The maximum absolute atomic E-state index is 14.0. The number of hydrogen-bond donors (Lipinski definition) is 4. The quantitative estimate of drug-likeness (QED) is 0.338. The van der Waals surface area contributed by atoms with E-state index in [0.29, 0.717) is 34.1 Å². The highest BCUT2D eigenvalue weighted by Gasteiger charge is 2.18. The first-order valence-electron chi connectivity index (χ1n) is 11.2. The molecule has 1 atom stereocenters. The Hall–Kier alpha value is -4.44. The Morgan fingerprint density at radius 1 is 1.17 bits per heavy atom. The maximum atomic E-state index is 14.0. The monoisotopic (exact) mass is 492 g/mol. The molecule has 2 heterocycles. The summed E-state index contributed by atoms with van der Waals surface area (Å²) in [7, 11) is 0. The number of hydrogen-bond acceptors (Lipinski definition) is 6. The van der Waals surface area contributed by atoms with Gasteiger partial charge in [-0.05, 0) is 49.4 Å². The van der Waals surface area contributed by atoms with Crippen LogP contribution in [0.25, 0.3) is 11.4 Å². The van der Waals surface area contributed by atoms with Gasteiger partial charge in [0.05, 0.1) is 29.3 Å².